The fourth-order valence-electron chi connectivity index (χ4n) is 1.83. The molecule has 0 aliphatic rings. The summed E-state index contributed by atoms with van der Waals surface area (Å²) in [6.45, 7) is 0.170. The molecule has 6 nitrogen and oxygen atoms in total. The van der Waals surface area contributed by atoms with Gasteiger partial charge in [0.1, 0.15) is 11.3 Å². The predicted molar refractivity (Wildman–Crippen MR) is 70.8 cm³/mol. The van der Waals surface area contributed by atoms with Crippen LogP contribution < -0.4 is 10.1 Å². The number of aliphatic hydroxyl groups is 1. The van der Waals surface area contributed by atoms with E-state index in [2.05, 4.69) is 10.3 Å². The van der Waals surface area contributed by atoms with Crippen LogP contribution in [-0.2, 0) is 0 Å². The van der Waals surface area contributed by atoms with Gasteiger partial charge >= 0.3 is 5.97 Å². The number of carbonyl (C=O) groups is 1. The topological polar surface area (TPSA) is 91.7 Å². The van der Waals surface area contributed by atoms with Crippen molar-refractivity contribution in [1.82, 2.24) is 4.98 Å². The van der Waals surface area contributed by atoms with Gasteiger partial charge in [0.2, 0.25) is 0 Å². The lowest BCUT2D eigenvalue weighted by Gasteiger charge is -2.12. The number of carboxylic acid groups (broad SMARTS) is 1. The zero-order valence-corrected chi connectivity index (χ0v) is 10.4. The maximum atomic E-state index is 11.2. The van der Waals surface area contributed by atoms with Gasteiger partial charge in [-0.25, -0.2) is 4.79 Å². The van der Waals surface area contributed by atoms with Crippen molar-refractivity contribution in [3.05, 3.63) is 30.0 Å². The number of anilines is 1. The summed E-state index contributed by atoms with van der Waals surface area (Å²) < 4.78 is 5.13. The Labute approximate surface area is 109 Å². The first-order chi connectivity index (χ1) is 9.17. The standard InChI is InChI=1S/C13H14N2O4/c1-19-8-2-3-11-9(6-8)12(14-4-5-16)10(7-15-11)13(17)18/h2-3,6-7,16H,4-5H2,1H3,(H,14,15)(H,17,18). The molecule has 1 aromatic heterocycles. The normalized spacial score (nSPS) is 10.4. The molecule has 100 valence electrons. The van der Waals surface area contributed by atoms with Gasteiger partial charge in [-0.2, -0.15) is 0 Å². The van der Waals surface area contributed by atoms with Crippen LogP contribution in [0.5, 0.6) is 5.75 Å². The molecule has 0 saturated heterocycles. The average molecular weight is 262 g/mol. The second-order valence-electron chi connectivity index (χ2n) is 3.89. The minimum absolute atomic E-state index is 0.0641. The fourth-order valence-corrected chi connectivity index (χ4v) is 1.83. The predicted octanol–water partition coefficient (Wildman–Crippen LogP) is 1.35. The molecule has 0 unspecified atom stereocenters. The van der Waals surface area contributed by atoms with E-state index < -0.39 is 5.97 Å². The molecule has 2 aromatic rings. The monoisotopic (exact) mass is 262 g/mol. The molecule has 0 aliphatic carbocycles. The summed E-state index contributed by atoms with van der Waals surface area (Å²) in [6, 6.07) is 5.23. The first-order valence-electron chi connectivity index (χ1n) is 5.72. The summed E-state index contributed by atoms with van der Waals surface area (Å²) in [7, 11) is 1.54. The lowest BCUT2D eigenvalue weighted by Crippen LogP contribution is -2.11. The first-order valence-corrected chi connectivity index (χ1v) is 5.72. The van der Waals surface area contributed by atoms with Crippen LogP contribution in [0.1, 0.15) is 10.4 Å². The van der Waals surface area contributed by atoms with Crippen molar-refractivity contribution >= 4 is 22.6 Å². The molecule has 0 saturated carbocycles. The molecule has 0 fully saturated rings. The number of hydrogen-bond donors (Lipinski definition) is 3. The van der Waals surface area contributed by atoms with Gasteiger partial charge in [-0.15, -0.1) is 0 Å². The van der Waals surface area contributed by atoms with E-state index in [1.54, 1.807) is 18.2 Å². The highest BCUT2D eigenvalue weighted by atomic mass is 16.5. The van der Waals surface area contributed by atoms with Crippen LogP contribution in [0.4, 0.5) is 5.69 Å². The SMILES string of the molecule is COc1ccc2ncc(C(=O)O)c(NCCO)c2c1. The number of fused-ring (bicyclic) bond motifs is 1. The Morgan fingerprint density at radius 1 is 1.47 bits per heavy atom. The van der Waals surface area contributed by atoms with E-state index in [4.69, 9.17) is 9.84 Å². The zero-order valence-electron chi connectivity index (χ0n) is 10.4. The van der Waals surface area contributed by atoms with Crippen molar-refractivity contribution in [2.24, 2.45) is 0 Å². The molecule has 1 heterocycles. The fraction of sp³-hybridized carbons (Fsp3) is 0.231. The van der Waals surface area contributed by atoms with Gasteiger partial charge in [0.05, 0.1) is 24.9 Å². The quantitative estimate of drug-likeness (QED) is 0.753. The highest BCUT2D eigenvalue weighted by Gasteiger charge is 2.14. The van der Waals surface area contributed by atoms with Gasteiger partial charge in [0, 0.05) is 18.1 Å². The molecule has 0 bridgehead atoms. The molecule has 19 heavy (non-hydrogen) atoms. The minimum Gasteiger partial charge on any atom is -0.497 e. The number of nitrogens with one attached hydrogen (secondary N) is 1. The third-order valence-electron chi connectivity index (χ3n) is 2.72. The Kier molecular flexibility index (Phi) is 3.82. The van der Waals surface area contributed by atoms with E-state index >= 15 is 0 Å². The number of benzene rings is 1. The number of aromatic carboxylic acids is 1. The van der Waals surface area contributed by atoms with Crippen LogP contribution in [-0.4, -0.2) is 41.4 Å². The summed E-state index contributed by atoms with van der Waals surface area (Å²) >= 11 is 0. The molecule has 1 aromatic carbocycles. The number of aliphatic hydroxyl groups excluding tert-OH is 1. The Hall–Kier alpha value is -2.34. The van der Waals surface area contributed by atoms with E-state index in [0.717, 1.165) is 0 Å². The maximum absolute atomic E-state index is 11.2. The first kappa shape index (κ1) is 13.1. The van der Waals surface area contributed by atoms with Crippen LogP contribution >= 0.6 is 0 Å². The van der Waals surface area contributed by atoms with E-state index in [0.29, 0.717) is 22.3 Å². The van der Waals surface area contributed by atoms with Crippen molar-refractivity contribution in [2.75, 3.05) is 25.6 Å². The van der Waals surface area contributed by atoms with Crippen LogP contribution in [0.3, 0.4) is 0 Å². The molecule has 0 spiro atoms. The largest absolute Gasteiger partial charge is 0.497 e. The number of carboxylic acids is 1. The summed E-state index contributed by atoms with van der Waals surface area (Å²) in [5.74, 6) is -0.457. The van der Waals surface area contributed by atoms with Crippen molar-refractivity contribution in [3.8, 4) is 5.75 Å². The number of methoxy groups -OCH3 is 1. The average Bonchev–Trinajstić information content (AvgIpc) is 2.43. The van der Waals surface area contributed by atoms with Gasteiger partial charge in [0.15, 0.2) is 0 Å². The summed E-state index contributed by atoms with van der Waals surface area (Å²) in [4.78, 5) is 15.3. The summed E-state index contributed by atoms with van der Waals surface area (Å²) in [6.07, 6.45) is 1.30. The van der Waals surface area contributed by atoms with Crippen LogP contribution in [0.25, 0.3) is 10.9 Å². The Morgan fingerprint density at radius 2 is 2.26 bits per heavy atom. The highest BCUT2D eigenvalue weighted by Crippen LogP contribution is 2.29. The van der Waals surface area contributed by atoms with Gasteiger partial charge in [-0.3, -0.25) is 4.98 Å². The lowest BCUT2D eigenvalue weighted by atomic mass is 10.1. The van der Waals surface area contributed by atoms with Gasteiger partial charge in [-0.1, -0.05) is 0 Å². The molecular formula is C13H14N2O4. The molecule has 0 radical (unpaired) electrons. The van der Waals surface area contributed by atoms with E-state index in [9.17, 15) is 9.90 Å². The van der Waals surface area contributed by atoms with Crippen molar-refractivity contribution in [3.63, 3.8) is 0 Å². The number of rotatable bonds is 5. The van der Waals surface area contributed by atoms with Gasteiger partial charge in [0.25, 0.3) is 0 Å². The number of pyridine rings is 1. The second-order valence-corrected chi connectivity index (χ2v) is 3.89. The van der Waals surface area contributed by atoms with Crippen molar-refractivity contribution in [1.29, 1.82) is 0 Å². The van der Waals surface area contributed by atoms with Crippen molar-refractivity contribution < 1.29 is 19.7 Å². The van der Waals surface area contributed by atoms with Crippen molar-refractivity contribution in [2.45, 2.75) is 0 Å². The number of aromatic nitrogens is 1. The molecule has 0 aliphatic heterocycles. The summed E-state index contributed by atoms with van der Waals surface area (Å²) in [5, 5.41) is 21.6. The Balaban J connectivity index is 2.65. The van der Waals surface area contributed by atoms with Gasteiger partial charge < -0.3 is 20.3 Å². The molecule has 6 heteroatoms. The molecule has 0 atom stereocenters. The van der Waals surface area contributed by atoms with E-state index in [-0.39, 0.29) is 18.7 Å². The summed E-state index contributed by atoms with van der Waals surface area (Å²) in [5.41, 5.74) is 1.16. The molecular weight excluding hydrogens is 248 g/mol. The minimum atomic E-state index is -1.07. The number of ether oxygens (including phenoxy) is 1. The van der Waals surface area contributed by atoms with Crippen LogP contribution in [0, 0.1) is 0 Å². The zero-order chi connectivity index (χ0) is 13.8. The third-order valence-corrected chi connectivity index (χ3v) is 2.72. The van der Waals surface area contributed by atoms with E-state index in [1.165, 1.54) is 13.3 Å². The smallest absolute Gasteiger partial charge is 0.339 e. The molecule has 0 amide bonds. The second kappa shape index (κ2) is 5.53. The van der Waals surface area contributed by atoms with Gasteiger partial charge in [-0.05, 0) is 18.2 Å². The Morgan fingerprint density at radius 3 is 2.89 bits per heavy atom. The molecule has 3 N–H and O–H groups in total. The number of hydrogen-bond acceptors (Lipinski definition) is 5. The lowest BCUT2D eigenvalue weighted by molar-refractivity contribution is 0.0697. The third kappa shape index (κ3) is 2.58. The molecule has 2 rings (SSSR count). The highest BCUT2D eigenvalue weighted by molar-refractivity contribution is 6.04. The van der Waals surface area contributed by atoms with E-state index in [1.807, 2.05) is 0 Å². The van der Waals surface area contributed by atoms with Crippen LogP contribution in [0.2, 0.25) is 0 Å². The Bertz CT molecular complexity index is 613. The maximum Gasteiger partial charge on any atom is 0.339 e. The number of nitrogens with zero attached hydrogens (tertiary/aromatic N) is 1. The van der Waals surface area contributed by atoms with Crippen LogP contribution in [0.15, 0.2) is 24.4 Å².